The van der Waals surface area contributed by atoms with Crippen LogP contribution in [0.2, 0.25) is 0 Å². The minimum atomic E-state index is -1.08. The van der Waals surface area contributed by atoms with Gasteiger partial charge in [0.25, 0.3) is 0 Å². The van der Waals surface area contributed by atoms with Gasteiger partial charge in [-0.25, -0.2) is 9.78 Å². The van der Waals surface area contributed by atoms with E-state index in [2.05, 4.69) is 20.5 Å². The highest BCUT2D eigenvalue weighted by Crippen LogP contribution is 2.20. The summed E-state index contributed by atoms with van der Waals surface area (Å²) in [6.45, 7) is 0. The van der Waals surface area contributed by atoms with Crippen molar-refractivity contribution in [2.24, 2.45) is 0 Å². The number of aromatic nitrogens is 3. The average Bonchev–Trinajstić information content (AvgIpc) is 2.71. The number of anilines is 1. The highest BCUT2D eigenvalue weighted by molar-refractivity contribution is 5.85. The van der Waals surface area contributed by atoms with E-state index >= 15 is 0 Å². The monoisotopic (exact) mass is 208 g/mol. The quantitative estimate of drug-likeness (QED) is 0.768. The smallest absolute Gasteiger partial charge is 0.356 e. The van der Waals surface area contributed by atoms with Crippen molar-refractivity contribution >= 4 is 11.9 Å². The molecule has 2 N–H and O–H groups in total. The number of hydrogen-bond donors (Lipinski definition) is 2. The van der Waals surface area contributed by atoms with Gasteiger partial charge in [-0.2, -0.15) is 5.10 Å². The molecule has 0 atom stereocenters. The summed E-state index contributed by atoms with van der Waals surface area (Å²) in [6.07, 6.45) is 5.71. The van der Waals surface area contributed by atoms with Crippen molar-refractivity contribution < 1.29 is 9.90 Å². The van der Waals surface area contributed by atoms with Gasteiger partial charge in [-0.05, 0) is 12.8 Å². The lowest BCUT2D eigenvalue weighted by atomic mass is 10.2. The highest BCUT2D eigenvalue weighted by Gasteiger charge is 2.16. The number of hydrogen-bond acceptors (Lipinski definition) is 5. The minimum Gasteiger partial charge on any atom is -0.476 e. The minimum absolute atomic E-state index is 0.0782. The first-order valence-corrected chi connectivity index (χ1v) is 4.95. The molecule has 0 spiro atoms. The topological polar surface area (TPSA) is 88.0 Å². The van der Waals surface area contributed by atoms with E-state index in [9.17, 15) is 4.79 Å². The highest BCUT2D eigenvalue weighted by atomic mass is 16.4. The molecule has 1 fully saturated rings. The second-order valence-corrected chi connectivity index (χ2v) is 3.60. The number of carboxylic acids is 1. The first-order chi connectivity index (χ1) is 7.25. The molecule has 80 valence electrons. The van der Waals surface area contributed by atoms with Crippen molar-refractivity contribution in [3.05, 3.63) is 11.9 Å². The number of nitrogens with one attached hydrogen (secondary N) is 1. The van der Waals surface area contributed by atoms with Gasteiger partial charge in [0.15, 0.2) is 5.69 Å². The molecule has 1 aromatic rings. The number of carboxylic acid groups (broad SMARTS) is 1. The van der Waals surface area contributed by atoms with Gasteiger partial charge in [-0.1, -0.05) is 12.8 Å². The summed E-state index contributed by atoms with van der Waals surface area (Å²) < 4.78 is 0. The van der Waals surface area contributed by atoms with Crippen LogP contribution in [-0.2, 0) is 0 Å². The molecule has 1 heterocycles. The van der Waals surface area contributed by atoms with Crippen LogP contribution in [0.3, 0.4) is 0 Å². The fourth-order valence-electron chi connectivity index (χ4n) is 1.72. The fraction of sp³-hybridized carbons (Fsp3) is 0.556. The molecule has 0 radical (unpaired) electrons. The zero-order valence-corrected chi connectivity index (χ0v) is 8.18. The van der Waals surface area contributed by atoms with E-state index in [1.54, 1.807) is 0 Å². The van der Waals surface area contributed by atoms with Crippen LogP contribution in [0.25, 0.3) is 0 Å². The largest absolute Gasteiger partial charge is 0.476 e. The van der Waals surface area contributed by atoms with Gasteiger partial charge in [-0.15, -0.1) is 5.10 Å². The van der Waals surface area contributed by atoms with Crippen molar-refractivity contribution in [1.29, 1.82) is 0 Å². The van der Waals surface area contributed by atoms with Crippen LogP contribution in [0.1, 0.15) is 36.2 Å². The van der Waals surface area contributed by atoms with Gasteiger partial charge in [0.2, 0.25) is 5.95 Å². The van der Waals surface area contributed by atoms with E-state index < -0.39 is 5.97 Å². The molecule has 6 heteroatoms. The Morgan fingerprint density at radius 3 is 2.87 bits per heavy atom. The van der Waals surface area contributed by atoms with E-state index in [1.165, 1.54) is 12.8 Å². The van der Waals surface area contributed by atoms with Crippen molar-refractivity contribution in [2.45, 2.75) is 31.7 Å². The average molecular weight is 208 g/mol. The Hall–Kier alpha value is -1.72. The molecule has 0 amide bonds. The Labute approximate surface area is 86.7 Å². The molecule has 1 aliphatic rings. The van der Waals surface area contributed by atoms with E-state index in [0.29, 0.717) is 12.0 Å². The van der Waals surface area contributed by atoms with Crippen LogP contribution in [0.4, 0.5) is 5.95 Å². The second kappa shape index (κ2) is 4.20. The molecule has 1 aromatic heterocycles. The molecular formula is C9H12N4O2. The Kier molecular flexibility index (Phi) is 2.75. The summed E-state index contributed by atoms with van der Waals surface area (Å²) in [5.41, 5.74) is -0.0782. The second-order valence-electron chi connectivity index (χ2n) is 3.60. The van der Waals surface area contributed by atoms with E-state index in [4.69, 9.17) is 5.11 Å². The predicted octanol–water partition coefficient (Wildman–Crippen LogP) is 0.924. The van der Waals surface area contributed by atoms with E-state index in [-0.39, 0.29) is 5.69 Å². The zero-order chi connectivity index (χ0) is 10.7. The van der Waals surface area contributed by atoms with Gasteiger partial charge >= 0.3 is 5.97 Å². The molecule has 0 bridgehead atoms. The molecule has 0 unspecified atom stereocenters. The van der Waals surface area contributed by atoms with Crippen molar-refractivity contribution in [1.82, 2.24) is 15.2 Å². The van der Waals surface area contributed by atoms with E-state index in [0.717, 1.165) is 19.0 Å². The Morgan fingerprint density at radius 1 is 1.47 bits per heavy atom. The Morgan fingerprint density at radius 2 is 2.20 bits per heavy atom. The Bertz CT molecular complexity index is 363. The number of nitrogens with zero attached hydrogens (tertiary/aromatic N) is 3. The maximum Gasteiger partial charge on any atom is 0.356 e. The van der Waals surface area contributed by atoms with Crippen LogP contribution in [0, 0.1) is 0 Å². The Balaban J connectivity index is 2.07. The summed E-state index contributed by atoms with van der Waals surface area (Å²) in [5.74, 6) is -0.777. The van der Waals surface area contributed by atoms with Crippen LogP contribution in [0.15, 0.2) is 6.20 Å². The normalized spacial score (nSPS) is 16.5. The SMILES string of the molecule is O=C(O)c1cnnc(NC2CCCC2)n1. The molecule has 0 aromatic carbocycles. The summed E-state index contributed by atoms with van der Waals surface area (Å²) in [6, 6.07) is 0.357. The third-order valence-electron chi connectivity index (χ3n) is 2.47. The molecule has 1 aliphatic carbocycles. The van der Waals surface area contributed by atoms with Crippen LogP contribution >= 0.6 is 0 Å². The molecule has 0 saturated heterocycles. The van der Waals surface area contributed by atoms with Gasteiger partial charge in [0, 0.05) is 6.04 Å². The molecule has 1 saturated carbocycles. The predicted molar refractivity (Wildman–Crippen MR) is 52.7 cm³/mol. The molecule has 6 nitrogen and oxygen atoms in total. The lowest BCUT2D eigenvalue weighted by Crippen LogP contribution is -2.18. The van der Waals surface area contributed by atoms with Gasteiger partial charge in [0.1, 0.15) is 0 Å². The van der Waals surface area contributed by atoms with Gasteiger partial charge < -0.3 is 10.4 Å². The number of carbonyl (C=O) groups is 1. The van der Waals surface area contributed by atoms with Crippen LogP contribution in [-0.4, -0.2) is 32.3 Å². The maximum absolute atomic E-state index is 10.6. The maximum atomic E-state index is 10.6. The molecule has 0 aliphatic heterocycles. The lowest BCUT2D eigenvalue weighted by Gasteiger charge is -2.10. The summed E-state index contributed by atoms with van der Waals surface area (Å²) in [7, 11) is 0. The number of rotatable bonds is 3. The lowest BCUT2D eigenvalue weighted by molar-refractivity contribution is 0.0689. The summed E-state index contributed by atoms with van der Waals surface area (Å²) in [4.78, 5) is 14.5. The first-order valence-electron chi connectivity index (χ1n) is 4.95. The summed E-state index contributed by atoms with van der Waals surface area (Å²) >= 11 is 0. The van der Waals surface area contributed by atoms with Crippen molar-refractivity contribution in [2.75, 3.05) is 5.32 Å². The number of aromatic carboxylic acids is 1. The van der Waals surface area contributed by atoms with E-state index in [1.807, 2.05) is 0 Å². The molecule has 15 heavy (non-hydrogen) atoms. The third-order valence-corrected chi connectivity index (χ3v) is 2.47. The zero-order valence-electron chi connectivity index (χ0n) is 8.18. The third kappa shape index (κ3) is 2.39. The molecule has 2 rings (SSSR count). The van der Waals surface area contributed by atoms with Gasteiger partial charge in [0.05, 0.1) is 6.20 Å². The van der Waals surface area contributed by atoms with Gasteiger partial charge in [-0.3, -0.25) is 0 Å². The molecular weight excluding hydrogens is 196 g/mol. The van der Waals surface area contributed by atoms with Crippen molar-refractivity contribution in [3.63, 3.8) is 0 Å². The summed E-state index contributed by atoms with van der Waals surface area (Å²) in [5, 5.41) is 19.1. The van der Waals surface area contributed by atoms with Crippen LogP contribution in [0.5, 0.6) is 0 Å². The first kappa shape index (κ1) is 9.82. The van der Waals surface area contributed by atoms with Crippen molar-refractivity contribution in [3.8, 4) is 0 Å². The fourth-order valence-corrected chi connectivity index (χ4v) is 1.72. The standard InChI is InChI=1S/C9H12N4O2/c14-8(15)7-5-10-13-9(12-7)11-6-3-1-2-4-6/h5-6H,1-4H2,(H,14,15)(H,11,12,13). The van der Waals surface area contributed by atoms with Crippen LogP contribution < -0.4 is 5.32 Å².